The number of nitrogens with zero attached hydrogens (tertiary/aromatic N) is 1. The summed E-state index contributed by atoms with van der Waals surface area (Å²) in [7, 11) is 0. The standard InChI is InChI=1S/C18H20N2O3/c1-12-5-6-13(2)16(8-12)20-11-14(9-17(20)21)18(22)19-10-15-4-3-7-23-15/h3-8,14H,9-11H2,1-2H3,(H,19,22)/t14-/m0/s1. The zero-order valence-corrected chi connectivity index (χ0v) is 13.3. The average molecular weight is 312 g/mol. The Hall–Kier alpha value is -2.56. The molecule has 1 aliphatic heterocycles. The summed E-state index contributed by atoms with van der Waals surface area (Å²) >= 11 is 0. The average Bonchev–Trinajstić information content (AvgIpc) is 3.17. The molecular weight excluding hydrogens is 292 g/mol. The van der Waals surface area contributed by atoms with Crippen LogP contribution in [-0.4, -0.2) is 18.4 Å². The summed E-state index contributed by atoms with van der Waals surface area (Å²) in [6.45, 7) is 4.75. The molecule has 0 spiro atoms. The fraction of sp³-hybridized carbons (Fsp3) is 0.333. The van der Waals surface area contributed by atoms with Crippen LogP contribution in [0.1, 0.15) is 23.3 Å². The largest absolute Gasteiger partial charge is 0.467 e. The molecule has 1 atom stereocenters. The van der Waals surface area contributed by atoms with Crippen LogP contribution in [-0.2, 0) is 16.1 Å². The number of hydrogen-bond donors (Lipinski definition) is 1. The molecule has 0 bridgehead atoms. The Kier molecular flexibility index (Phi) is 4.19. The minimum Gasteiger partial charge on any atom is -0.467 e. The van der Waals surface area contributed by atoms with Gasteiger partial charge in [0.05, 0.1) is 18.7 Å². The van der Waals surface area contributed by atoms with E-state index in [1.165, 1.54) is 0 Å². The minimum atomic E-state index is -0.322. The molecule has 0 radical (unpaired) electrons. The SMILES string of the molecule is Cc1ccc(C)c(N2C[C@@H](C(=O)NCc3ccco3)CC2=O)c1. The number of furan rings is 1. The van der Waals surface area contributed by atoms with Gasteiger partial charge in [-0.15, -0.1) is 0 Å². The van der Waals surface area contributed by atoms with Crippen LogP contribution in [0.25, 0.3) is 0 Å². The predicted molar refractivity (Wildman–Crippen MR) is 86.9 cm³/mol. The van der Waals surface area contributed by atoms with E-state index in [9.17, 15) is 9.59 Å². The van der Waals surface area contributed by atoms with Gasteiger partial charge in [-0.2, -0.15) is 0 Å². The second-order valence-electron chi connectivity index (χ2n) is 5.99. The lowest BCUT2D eigenvalue weighted by atomic mass is 10.1. The van der Waals surface area contributed by atoms with Crippen LogP contribution < -0.4 is 10.2 Å². The number of nitrogens with one attached hydrogen (secondary N) is 1. The van der Waals surface area contributed by atoms with Crippen LogP contribution in [0.4, 0.5) is 5.69 Å². The Morgan fingerprint density at radius 3 is 2.91 bits per heavy atom. The van der Waals surface area contributed by atoms with Gasteiger partial charge in [0, 0.05) is 18.7 Å². The summed E-state index contributed by atoms with van der Waals surface area (Å²) in [5.74, 6) is 0.269. The number of amides is 2. The van der Waals surface area contributed by atoms with E-state index in [0.717, 1.165) is 16.8 Å². The van der Waals surface area contributed by atoms with Gasteiger partial charge in [-0.05, 0) is 43.2 Å². The first kappa shape index (κ1) is 15.3. The van der Waals surface area contributed by atoms with E-state index in [4.69, 9.17) is 4.42 Å². The predicted octanol–water partition coefficient (Wildman–Crippen LogP) is 2.57. The van der Waals surface area contributed by atoms with Crippen molar-refractivity contribution in [1.29, 1.82) is 0 Å². The summed E-state index contributed by atoms with van der Waals surface area (Å²) < 4.78 is 5.19. The molecule has 0 unspecified atom stereocenters. The third-order valence-electron chi connectivity index (χ3n) is 4.17. The fourth-order valence-corrected chi connectivity index (χ4v) is 2.86. The van der Waals surface area contributed by atoms with Crippen LogP contribution in [0.5, 0.6) is 0 Å². The lowest BCUT2D eigenvalue weighted by Gasteiger charge is -2.19. The van der Waals surface area contributed by atoms with Crippen molar-refractivity contribution >= 4 is 17.5 Å². The topological polar surface area (TPSA) is 62.6 Å². The van der Waals surface area contributed by atoms with Gasteiger partial charge < -0.3 is 14.6 Å². The molecule has 1 N–H and O–H groups in total. The van der Waals surface area contributed by atoms with E-state index in [0.29, 0.717) is 18.8 Å². The molecule has 5 nitrogen and oxygen atoms in total. The van der Waals surface area contributed by atoms with E-state index in [1.807, 2.05) is 38.1 Å². The van der Waals surface area contributed by atoms with E-state index in [1.54, 1.807) is 17.2 Å². The maximum atomic E-state index is 12.3. The quantitative estimate of drug-likeness (QED) is 0.944. The van der Waals surface area contributed by atoms with Gasteiger partial charge in [0.25, 0.3) is 0 Å². The number of aryl methyl sites for hydroxylation is 2. The van der Waals surface area contributed by atoms with Gasteiger partial charge in [0.1, 0.15) is 5.76 Å². The van der Waals surface area contributed by atoms with Crippen molar-refractivity contribution in [1.82, 2.24) is 5.32 Å². The first-order valence-electron chi connectivity index (χ1n) is 7.72. The molecule has 2 aromatic rings. The van der Waals surface area contributed by atoms with Crippen molar-refractivity contribution in [2.75, 3.05) is 11.4 Å². The smallest absolute Gasteiger partial charge is 0.227 e. The van der Waals surface area contributed by atoms with Crippen LogP contribution in [0.3, 0.4) is 0 Å². The molecule has 5 heteroatoms. The van der Waals surface area contributed by atoms with Crippen LogP contribution in [0.15, 0.2) is 41.0 Å². The first-order valence-corrected chi connectivity index (χ1v) is 7.72. The Bertz CT molecular complexity index is 722. The number of benzene rings is 1. The lowest BCUT2D eigenvalue weighted by Crippen LogP contribution is -2.32. The van der Waals surface area contributed by atoms with Crippen molar-refractivity contribution in [3.8, 4) is 0 Å². The summed E-state index contributed by atoms with van der Waals surface area (Å²) in [4.78, 5) is 26.3. The maximum Gasteiger partial charge on any atom is 0.227 e. The maximum absolute atomic E-state index is 12.3. The van der Waals surface area contributed by atoms with E-state index in [2.05, 4.69) is 5.32 Å². The summed E-state index contributed by atoms with van der Waals surface area (Å²) in [5.41, 5.74) is 3.04. The highest BCUT2D eigenvalue weighted by Crippen LogP contribution is 2.28. The number of rotatable bonds is 4. The Labute approximate surface area is 135 Å². The van der Waals surface area contributed by atoms with Gasteiger partial charge >= 0.3 is 0 Å². The van der Waals surface area contributed by atoms with Crippen LogP contribution in [0.2, 0.25) is 0 Å². The van der Waals surface area contributed by atoms with Crippen molar-refractivity contribution in [3.63, 3.8) is 0 Å². The molecule has 0 saturated carbocycles. The number of carbonyl (C=O) groups excluding carboxylic acids is 2. The van der Waals surface area contributed by atoms with Gasteiger partial charge in [-0.3, -0.25) is 9.59 Å². The molecule has 23 heavy (non-hydrogen) atoms. The third kappa shape index (κ3) is 3.28. The molecule has 2 amide bonds. The van der Waals surface area contributed by atoms with Crippen molar-refractivity contribution in [3.05, 3.63) is 53.5 Å². The van der Waals surface area contributed by atoms with E-state index in [-0.39, 0.29) is 24.2 Å². The monoisotopic (exact) mass is 312 g/mol. The highest BCUT2D eigenvalue weighted by Gasteiger charge is 2.35. The zero-order valence-electron chi connectivity index (χ0n) is 13.3. The van der Waals surface area contributed by atoms with Gasteiger partial charge in [-0.1, -0.05) is 12.1 Å². The number of carbonyl (C=O) groups is 2. The summed E-state index contributed by atoms with van der Waals surface area (Å²) in [6.07, 6.45) is 1.82. The molecule has 1 fully saturated rings. The second kappa shape index (κ2) is 6.28. The van der Waals surface area contributed by atoms with Gasteiger partial charge in [-0.25, -0.2) is 0 Å². The molecule has 120 valence electrons. The molecule has 1 aliphatic rings. The molecule has 0 aliphatic carbocycles. The molecule has 1 aromatic carbocycles. The highest BCUT2D eigenvalue weighted by atomic mass is 16.3. The third-order valence-corrected chi connectivity index (χ3v) is 4.17. The van der Waals surface area contributed by atoms with Crippen molar-refractivity contribution in [2.45, 2.75) is 26.8 Å². The van der Waals surface area contributed by atoms with E-state index < -0.39 is 0 Å². The van der Waals surface area contributed by atoms with E-state index >= 15 is 0 Å². The number of anilines is 1. The van der Waals surface area contributed by atoms with Gasteiger partial charge in [0.2, 0.25) is 11.8 Å². The lowest BCUT2D eigenvalue weighted by molar-refractivity contribution is -0.126. The molecule has 1 saturated heterocycles. The summed E-state index contributed by atoms with van der Waals surface area (Å²) in [5, 5.41) is 2.83. The van der Waals surface area contributed by atoms with Gasteiger partial charge in [0.15, 0.2) is 0 Å². The number of hydrogen-bond acceptors (Lipinski definition) is 3. The van der Waals surface area contributed by atoms with Crippen LogP contribution >= 0.6 is 0 Å². The molecular formula is C18H20N2O3. The Balaban J connectivity index is 1.67. The van der Waals surface area contributed by atoms with Crippen molar-refractivity contribution < 1.29 is 14.0 Å². The molecule has 3 rings (SSSR count). The Morgan fingerprint density at radius 2 is 2.17 bits per heavy atom. The Morgan fingerprint density at radius 1 is 1.35 bits per heavy atom. The zero-order chi connectivity index (χ0) is 16.4. The fourth-order valence-electron chi connectivity index (χ4n) is 2.86. The normalized spacial score (nSPS) is 17.6. The summed E-state index contributed by atoms with van der Waals surface area (Å²) in [6, 6.07) is 9.61. The minimum absolute atomic E-state index is 0.00292. The van der Waals surface area contributed by atoms with Crippen molar-refractivity contribution in [2.24, 2.45) is 5.92 Å². The molecule has 1 aromatic heterocycles. The van der Waals surface area contributed by atoms with Crippen LogP contribution in [0, 0.1) is 19.8 Å². The first-order chi connectivity index (χ1) is 11.0. The highest BCUT2D eigenvalue weighted by molar-refractivity contribution is 6.00. The molecule has 2 heterocycles. The second-order valence-corrected chi connectivity index (χ2v) is 5.99.